The van der Waals surface area contributed by atoms with Gasteiger partial charge in [0.05, 0.1) is 19.8 Å². The van der Waals surface area contributed by atoms with Crippen molar-refractivity contribution in [3.05, 3.63) is 71.4 Å². The van der Waals surface area contributed by atoms with Crippen LogP contribution in [-0.4, -0.2) is 30.2 Å². The van der Waals surface area contributed by atoms with Gasteiger partial charge in [-0.2, -0.15) is 4.98 Å². The molecule has 0 aliphatic rings. The molecule has 0 saturated heterocycles. The van der Waals surface area contributed by atoms with Crippen LogP contribution in [0.1, 0.15) is 21.6 Å². The highest BCUT2D eigenvalue weighted by atomic mass is 16.5. The van der Waals surface area contributed by atoms with Gasteiger partial charge in [0, 0.05) is 24.0 Å². The molecule has 3 aromatic rings. The van der Waals surface area contributed by atoms with Crippen LogP contribution >= 0.6 is 0 Å². The number of carbonyl (C=O) groups is 1. The Morgan fingerprint density at radius 2 is 1.82 bits per heavy atom. The molecule has 0 radical (unpaired) electrons. The van der Waals surface area contributed by atoms with E-state index in [1.54, 1.807) is 25.3 Å². The number of carbonyl (C=O) groups excluding carboxylic acids is 1. The van der Waals surface area contributed by atoms with Crippen molar-refractivity contribution < 1.29 is 14.3 Å². The maximum atomic E-state index is 11.7. The van der Waals surface area contributed by atoms with Crippen LogP contribution in [0.15, 0.2) is 54.6 Å². The number of ether oxygens (including phenoxy) is 2. The monoisotopic (exact) mass is 378 g/mol. The van der Waals surface area contributed by atoms with Gasteiger partial charge in [-0.1, -0.05) is 18.2 Å². The van der Waals surface area contributed by atoms with Crippen LogP contribution < -0.4 is 15.4 Å². The van der Waals surface area contributed by atoms with Gasteiger partial charge < -0.3 is 20.1 Å². The first-order valence-electron chi connectivity index (χ1n) is 8.75. The molecule has 0 unspecified atom stereocenters. The molecule has 0 bridgehead atoms. The van der Waals surface area contributed by atoms with Crippen molar-refractivity contribution in [1.82, 2.24) is 9.97 Å². The van der Waals surface area contributed by atoms with Gasteiger partial charge in [0.2, 0.25) is 5.95 Å². The third-order valence-corrected chi connectivity index (χ3v) is 4.03. The fourth-order valence-corrected chi connectivity index (χ4v) is 2.62. The minimum atomic E-state index is -0.393. The largest absolute Gasteiger partial charge is 0.497 e. The van der Waals surface area contributed by atoms with E-state index >= 15 is 0 Å². The topological polar surface area (TPSA) is 85.4 Å². The number of rotatable bonds is 7. The van der Waals surface area contributed by atoms with Gasteiger partial charge in [-0.25, -0.2) is 9.78 Å². The number of aryl methyl sites for hydroxylation is 1. The minimum Gasteiger partial charge on any atom is -0.497 e. The Labute approximate surface area is 163 Å². The van der Waals surface area contributed by atoms with Gasteiger partial charge in [0.15, 0.2) is 0 Å². The lowest BCUT2D eigenvalue weighted by Gasteiger charge is -2.11. The van der Waals surface area contributed by atoms with Crippen LogP contribution in [0.2, 0.25) is 0 Å². The molecule has 0 aliphatic heterocycles. The quantitative estimate of drug-likeness (QED) is 0.602. The highest BCUT2D eigenvalue weighted by Gasteiger charge is 2.08. The summed E-state index contributed by atoms with van der Waals surface area (Å²) in [5, 5.41) is 6.43. The van der Waals surface area contributed by atoms with Crippen molar-refractivity contribution in [2.24, 2.45) is 0 Å². The predicted octanol–water partition coefficient (Wildman–Crippen LogP) is 3.94. The Kier molecular flexibility index (Phi) is 6.06. The lowest BCUT2D eigenvalue weighted by atomic mass is 10.2. The normalized spacial score (nSPS) is 10.2. The van der Waals surface area contributed by atoms with E-state index in [0.29, 0.717) is 29.6 Å². The molecule has 0 saturated carbocycles. The molecule has 0 atom stereocenters. The van der Waals surface area contributed by atoms with Gasteiger partial charge in [0.1, 0.15) is 11.6 Å². The first-order chi connectivity index (χ1) is 13.6. The number of hydrogen-bond donors (Lipinski definition) is 2. The van der Waals surface area contributed by atoms with Gasteiger partial charge in [-0.05, 0) is 42.8 Å². The van der Waals surface area contributed by atoms with Crippen molar-refractivity contribution in [2.75, 3.05) is 24.9 Å². The summed E-state index contributed by atoms with van der Waals surface area (Å²) in [5.41, 5.74) is 3.09. The van der Waals surface area contributed by atoms with Crippen LogP contribution in [-0.2, 0) is 11.3 Å². The Morgan fingerprint density at radius 1 is 1.04 bits per heavy atom. The fourth-order valence-electron chi connectivity index (χ4n) is 2.62. The molecule has 1 heterocycles. The molecular formula is C21H22N4O3. The number of nitrogens with one attached hydrogen (secondary N) is 2. The second-order valence-corrected chi connectivity index (χ2v) is 6.12. The third-order valence-electron chi connectivity index (χ3n) is 4.03. The van der Waals surface area contributed by atoms with Gasteiger partial charge >= 0.3 is 5.97 Å². The smallest absolute Gasteiger partial charge is 0.337 e. The number of nitrogens with zero attached hydrogens (tertiary/aromatic N) is 2. The number of esters is 1. The molecule has 144 valence electrons. The zero-order chi connectivity index (χ0) is 19.9. The second-order valence-electron chi connectivity index (χ2n) is 6.12. The molecule has 7 nitrogen and oxygen atoms in total. The van der Waals surface area contributed by atoms with E-state index in [-0.39, 0.29) is 0 Å². The van der Waals surface area contributed by atoms with Crippen molar-refractivity contribution in [2.45, 2.75) is 13.5 Å². The van der Waals surface area contributed by atoms with Crippen LogP contribution in [0.4, 0.5) is 17.5 Å². The number of aromatic nitrogens is 2. The Bertz CT molecular complexity index is 958. The van der Waals surface area contributed by atoms with E-state index in [0.717, 1.165) is 17.0 Å². The first-order valence-corrected chi connectivity index (χ1v) is 8.75. The summed E-state index contributed by atoms with van der Waals surface area (Å²) in [7, 11) is 3.00. The zero-order valence-corrected chi connectivity index (χ0v) is 16.0. The standard InChI is InChI=1S/C21H22N4O3/c1-14-11-19(22-13-15-7-9-18(27-2)10-8-15)25-21(23-14)24-17-6-4-5-16(12-17)20(26)28-3/h4-12H,13H2,1-3H3,(H2,22,23,24,25). The predicted molar refractivity (Wildman–Crippen MR) is 108 cm³/mol. The summed E-state index contributed by atoms with van der Waals surface area (Å²) >= 11 is 0. The molecule has 28 heavy (non-hydrogen) atoms. The van der Waals surface area contributed by atoms with Crippen molar-refractivity contribution in [3.63, 3.8) is 0 Å². The van der Waals surface area contributed by atoms with Crippen molar-refractivity contribution in [1.29, 1.82) is 0 Å². The molecule has 7 heteroatoms. The molecular weight excluding hydrogens is 356 g/mol. The molecule has 2 N–H and O–H groups in total. The molecule has 0 spiro atoms. The van der Waals surface area contributed by atoms with Crippen LogP contribution in [0, 0.1) is 6.92 Å². The first kappa shape index (κ1) is 19.2. The lowest BCUT2D eigenvalue weighted by Crippen LogP contribution is -2.06. The van der Waals surface area contributed by atoms with E-state index in [2.05, 4.69) is 20.6 Å². The number of methoxy groups -OCH3 is 2. The van der Waals surface area contributed by atoms with Gasteiger partial charge in [-0.3, -0.25) is 0 Å². The van der Waals surface area contributed by atoms with Crippen LogP contribution in [0.3, 0.4) is 0 Å². The maximum Gasteiger partial charge on any atom is 0.337 e. The summed E-state index contributed by atoms with van der Waals surface area (Å²) in [6.07, 6.45) is 0. The number of benzene rings is 2. The van der Waals surface area contributed by atoms with Gasteiger partial charge in [-0.15, -0.1) is 0 Å². The summed E-state index contributed by atoms with van der Waals surface area (Å²) in [6, 6.07) is 16.7. The third kappa shape index (κ3) is 4.97. The van der Waals surface area contributed by atoms with E-state index < -0.39 is 5.97 Å². The van der Waals surface area contributed by atoms with Crippen LogP contribution in [0.5, 0.6) is 5.75 Å². The minimum absolute atomic E-state index is 0.393. The molecule has 3 rings (SSSR count). The highest BCUT2D eigenvalue weighted by Crippen LogP contribution is 2.18. The molecule has 2 aromatic carbocycles. The van der Waals surface area contributed by atoms with E-state index in [1.165, 1.54) is 7.11 Å². The zero-order valence-electron chi connectivity index (χ0n) is 16.0. The summed E-state index contributed by atoms with van der Waals surface area (Å²) < 4.78 is 9.92. The fraction of sp³-hybridized carbons (Fsp3) is 0.190. The van der Waals surface area contributed by atoms with E-state index in [9.17, 15) is 4.79 Å². The summed E-state index contributed by atoms with van der Waals surface area (Å²) in [6.45, 7) is 2.52. The molecule has 0 aliphatic carbocycles. The maximum absolute atomic E-state index is 11.7. The number of anilines is 3. The lowest BCUT2D eigenvalue weighted by molar-refractivity contribution is 0.0601. The molecule has 0 amide bonds. The average Bonchev–Trinajstić information content (AvgIpc) is 2.72. The Hall–Kier alpha value is -3.61. The van der Waals surface area contributed by atoms with E-state index in [4.69, 9.17) is 9.47 Å². The highest BCUT2D eigenvalue weighted by molar-refractivity contribution is 5.90. The van der Waals surface area contributed by atoms with Crippen molar-refractivity contribution >= 4 is 23.4 Å². The molecule has 0 fully saturated rings. The van der Waals surface area contributed by atoms with Crippen molar-refractivity contribution in [3.8, 4) is 5.75 Å². The summed E-state index contributed by atoms with van der Waals surface area (Å²) in [4.78, 5) is 20.6. The van der Waals surface area contributed by atoms with Gasteiger partial charge in [0.25, 0.3) is 0 Å². The summed E-state index contributed by atoms with van der Waals surface area (Å²) in [5.74, 6) is 1.58. The SMILES string of the molecule is COC(=O)c1cccc(Nc2nc(C)cc(NCc3ccc(OC)cc3)n2)c1. The second kappa shape index (κ2) is 8.85. The van der Waals surface area contributed by atoms with E-state index in [1.807, 2.05) is 43.3 Å². The Morgan fingerprint density at radius 3 is 2.54 bits per heavy atom. The average molecular weight is 378 g/mol. The Balaban J connectivity index is 1.71. The van der Waals surface area contributed by atoms with Crippen LogP contribution in [0.25, 0.3) is 0 Å². The number of hydrogen-bond acceptors (Lipinski definition) is 7. The molecule has 1 aromatic heterocycles.